The Bertz CT molecular complexity index is 370. The van der Waals surface area contributed by atoms with Crippen LogP contribution in [0.15, 0.2) is 18.2 Å². The molecule has 1 unspecified atom stereocenters. The Morgan fingerprint density at radius 1 is 1.53 bits per heavy atom. The second-order valence-corrected chi connectivity index (χ2v) is 4.78. The third-order valence-electron chi connectivity index (χ3n) is 3.11. The van der Waals surface area contributed by atoms with E-state index in [1.165, 1.54) is 5.56 Å². The molecule has 1 aliphatic rings. The van der Waals surface area contributed by atoms with Crippen LogP contribution in [0.3, 0.4) is 0 Å². The van der Waals surface area contributed by atoms with Crippen molar-refractivity contribution in [2.24, 2.45) is 5.73 Å². The van der Waals surface area contributed by atoms with E-state index in [1.807, 2.05) is 19.1 Å². The molecule has 0 spiro atoms. The van der Waals surface area contributed by atoms with E-state index >= 15 is 0 Å². The molecular formula is C14H21NO2. The van der Waals surface area contributed by atoms with Gasteiger partial charge < -0.3 is 15.2 Å². The Kier molecular flexibility index (Phi) is 4.02. The standard InChI is InChI=1S/C14H21NO2/c1-10-5-6-13(11(2)15)14(8-10)17-9-12-4-3-7-16-12/h5-6,8,11-12H,3-4,7,9,15H2,1-2H3/t11-,12?/m0/s1. The van der Waals surface area contributed by atoms with E-state index in [0.717, 1.165) is 30.8 Å². The average molecular weight is 235 g/mol. The molecule has 1 aliphatic heterocycles. The molecule has 0 amide bonds. The van der Waals surface area contributed by atoms with Gasteiger partial charge in [0.1, 0.15) is 12.4 Å². The van der Waals surface area contributed by atoms with Crippen LogP contribution in [0.2, 0.25) is 0 Å². The topological polar surface area (TPSA) is 44.5 Å². The molecule has 1 aromatic carbocycles. The molecule has 1 fully saturated rings. The van der Waals surface area contributed by atoms with E-state index in [4.69, 9.17) is 15.2 Å². The Hall–Kier alpha value is -1.06. The maximum absolute atomic E-state index is 5.94. The predicted octanol–water partition coefficient (Wildman–Crippen LogP) is 2.57. The molecule has 0 radical (unpaired) electrons. The summed E-state index contributed by atoms with van der Waals surface area (Å²) in [4.78, 5) is 0. The fraction of sp³-hybridized carbons (Fsp3) is 0.571. The second kappa shape index (κ2) is 5.52. The van der Waals surface area contributed by atoms with E-state index in [-0.39, 0.29) is 12.1 Å². The largest absolute Gasteiger partial charge is 0.491 e. The molecule has 3 heteroatoms. The maximum Gasteiger partial charge on any atom is 0.124 e. The lowest BCUT2D eigenvalue weighted by atomic mass is 10.1. The molecule has 2 atom stereocenters. The van der Waals surface area contributed by atoms with Crippen molar-refractivity contribution in [3.63, 3.8) is 0 Å². The number of hydrogen-bond acceptors (Lipinski definition) is 3. The van der Waals surface area contributed by atoms with Gasteiger partial charge in [-0.15, -0.1) is 0 Å². The molecule has 1 aromatic rings. The zero-order chi connectivity index (χ0) is 12.3. The highest BCUT2D eigenvalue weighted by molar-refractivity contribution is 5.38. The molecule has 17 heavy (non-hydrogen) atoms. The fourth-order valence-corrected chi connectivity index (χ4v) is 2.10. The number of rotatable bonds is 4. The third kappa shape index (κ3) is 3.20. The summed E-state index contributed by atoms with van der Waals surface area (Å²) in [5.74, 6) is 0.899. The molecule has 0 aliphatic carbocycles. The monoisotopic (exact) mass is 235 g/mol. The molecule has 1 heterocycles. The number of ether oxygens (including phenoxy) is 2. The minimum absolute atomic E-state index is 0.00454. The first kappa shape index (κ1) is 12.4. The summed E-state index contributed by atoms with van der Waals surface area (Å²) in [7, 11) is 0. The van der Waals surface area contributed by atoms with Gasteiger partial charge in [0.2, 0.25) is 0 Å². The summed E-state index contributed by atoms with van der Waals surface area (Å²) in [6.45, 7) is 5.53. The van der Waals surface area contributed by atoms with Crippen molar-refractivity contribution in [1.29, 1.82) is 0 Å². The maximum atomic E-state index is 5.94. The Morgan fingerprint density at radius 3 is 3.00 bits per heavy atom. The first-order valence-electron chi connectivity index (χ1n) is 6.27. The molecular weight excluding hydrogens is 214 g/mol. The van der Waals surface area contributed by atoms with Gasteiger partial charge in [-0.2, -0.15) is 0 Å². The van der Waals surface area contributed by atoms with Gasteiger partial charge >= 0.3 is 0 Å². The predicted molar refractivity (Wildman–Crippen MR) is 68.3 cm³/mol. The van der Waals surface area contributed by atoms with Gasteiger partial charge in [-0.05, 0) is 38.3 Å². The van der Waals surface area contributed by atoms with Gasteiger partial charge in [0.15, 0.2) is 0 Å². The molecule has 0 bridgehead atoms. The van der Waals surface area contributed by atoms with Crippen LogP contribution in [0, 0.1) is 6.92 Å². The smallest absolute Gasteiger partial charge is 0.124 e. The number of hydrogen-bond donors (Lipinski definition) is 1. The average Bonchev–Trinajstić information content (AvgIpc) is 2.78. The Balaban J connectivity index is 2.04. The summed E-state index contributed by atoms with van der Waals surface area (Å²) in [5.41, 5.74) is 8.19. The quantitative estimate of drug-likeness (QED) is 0.872. The Morgan fingerprint density at radius 2 is 2.35 bits per heavy atom. The zero-order valence-corrected chi connectivity index (χ0v) is 10.6. The van der Waals surface area contributed by atoms with Crippen LogP contribution in [-0.4, -0.2) is 19.3 Å². The van der Waals surface area contributed by atoms with Crippen molar-refractivity contribution in [3.05, 3.63) is 29.3 Å². The molecule has 2 N–H and O–H groups in total. The van der Waals surface area contributed by atoms with Crippen LogP contribution in [0.25, 0.3) is 0 Å². The summed E-state index contributed by atoms with van der Waals surface area (Å²) in [6.07, 6.45) is 2.48. The summed E-state index contributed by atoms with van der Waals surface area (Å²) in [6, 6.07) is 6.16. The van der Waals surface area contributed by atoms with E-state index in [1.54, 1.807) is 0 Å². The molecule has 3 nitrogen and oxygen atoms in total. The summed E-state index contributed by atoms with van der Waals surface area (Å²) in [5, 5.41) is 0. The van der Waals surface area contributed by atoms with Crippen LogP contribution in [0.5, 0.6) is 5.75 Å². The molecule has 2 rings (SSSR count). The highest BCUT2D eigenvalue weighted by atomic mass is 16.5. The van der Waals surface area contributed by atoms with Crippen LogP contribution >= 0.6 is 0 Å². The summed E-state index contributed by atoms with van der Waals surface area (Å²) < 4.78 is 11.4. The van der Waals surface area contributed by atoms with Crippen LogP contribution in [-0.2, 0) is 4.74 Å². The van der Waals surface area contributed by atoms with Gasteiger partial charge in [0, 0.05) is 18.2 Å². The highest BCUT2D eigenvalue weighted by Gasteiger charge is 2.17. The van der Waals surface area contributed by atoms with E-state index < -0.39 is 0 Å². The highest BCUT2D eigenvalue weighted by Crippen LogP contribution is 2.26. The first-order valence-corrected chi connectivity index (χ1v) is 6.27. The van der Waals surface area contributed by atoms with Gasteiger partial charge in [0.25, 0.3) is 0 Å². The molecule has 0 saturated carbocycles. The molecule has 94 valence electrons. The van der Waals surface area contributed by atoms with Crippen LogP contribution in [0.4, 0.5) is 0 Å². The lowest BCUT2D eigenvalue weighted by Gasteiger charge is -2.17. The number of nitrogens with two attached hydrogens (primary N) is 1. The van der Waals surface area contributed by atoms with Crippen molar-refractivity contribution in [2.75, 3.05) is 13.2 Å². The number of benzene rings is 1. The third-order valence-corrected chi connectivity index (χ3v) is 3.11. The van der Waals surface area contributed by atoms with Crippen molar-refractivity contribution >= 4 is 0 Å². The van der Waals surface area contributed by atoms with Crippen molar-refractivity contribution < 1.29 is 9.47 Å². The van der Waals surface area contributed by atoms with E-state index in [0.29, 0.717) is 6.61 Å². The van der Waals surface area contributed by atoms with Gasteiger partial charge in [-0.1, -0.05) is 12.1 Å². The first-order chi connectivity index (χ1) is 8.16. The lowest BCUT2D eigenvalue weighted by molar-refractivity contribution is 0.0675. The molecule has 0 aromatic heterocycles. The van der Waals surface area contributed by atoms with E-state index in [9.17, 15) is 0 Å². The van der Waals surface area contributed by atoms with Crippen LogP contribution < -0.4 is 10.5 Å². The summed E-state index contributed by atoms with van der Waals surface area (Å²) >= 11 is 0. The van der Waals surface area contributed by atoms with Gasteiger partial charge in [-0.25, -0.2) is 0 Å². The Labute approximate surface area is 103 Å². The van der Waals surface area contributed by atoms with Crippen molar-refractivity contribution in [2.45, 2.75) is 38.8 Å². The van der Waals surface area contributed by atoms with Gasteiger partial charge in [-0.3, -0.25) is 0 Å². The van der Waals surface area contributed by atoms with Crippen molar-refractivity contribution in [1.82, 2.24) is 0 Å². The SMILES string of the molecule is Cc1ccc([C@H](C)N)c(OCC2CCCO2)c1. The minimum Gasteiger partial charge on any atom is -0.491 e. The second-order valence-electron chi connectivity index (χ2n) is 4.78. The zero-order valence-electron chi connectivity index (χ0n) is 10.6. The minimum atomic E-state index is -0.00454. The van der Waals surface area contributed by atoms with E-state index in [2.05, 4.69) is 13.0 Å². The van der Waals surface area contributed by atoms with Crippen LogP contribution in [0.1, 0.15) is 36.9 Å². The molecule has 1 saturated heterocycles. The van der Waals surface area contributed by atoms with Crippen molar-refractivity contribution in [3.8, 4) is 5.75 Å². The lowest BCUT2D eigenvalue weighted by Crippen LogP contribution is -2.18. The normalized spacial score (nSPS) is 21.5. The fourth-order valence-electron chi connectivity index (χ4n) is 2.10. The number of aryl methyl sites for hydroxylation is 1. The van der Waals surface area contributed by atoms with Gasteiger partial charge in [0.05, 0.1) is 6.10 Å².